The van der Waals surface area contributed by atoms with Gasteiger partial charge in [-0.2, -0.15) is 0 Å². The lowest BCUT2D eigenvalue weighted by Gasteiger charge is -2.15. The van der Waals surface area contributed by atoms with Crippen molar-refractivity contribution in [2.75, 3.05) is 7.11 Å². The zero-order valence-corrected chi connectivity index (χ0v) is 9.50. The molecule has 0 radical (unpaired) electrons. The lowest BCUT2D eigenvalue weighted by Crippen LogP contribution is -2.10. The van der Waals surface area contributed by atoms with Crippen molar-refractivity contribution in [2.45, 2.75) is 25.7 Å². The molecule has 0 heterocycles. The minimum absolute atomic E-state index is 0.0263. The van der Waals surface area contributed by atoms with Gasteiger partial charge in [-0.15, -0.1) is 0 Å². The maximum absolute atomic E-state index is 13.8. The van der Waals surface area contributed by atoms with E-state index >= 15 is 0 Å². The highest BCUT2D eigenvalue weighted by Gasteiger charge is 2.33. The van der Waals surface area contributed by atoms with Crippen LogP contribution >= 0.6 is 0 Å². The first-order valence-corrected chi connectivity index (χ1v) is 5.49. The smallest absolute Gasteiger partial charge is 0.136 e. The van der Waals surface area contributed by atoms with Crippen molar-refractivity contribution in [1.29, 1.82) is 0 Å². The van der Waals surface area contributed by atoms with Crippen LogP contribution < -0.4 is 4.74 Å². The Morgan fingerprint density at radius 2 is 2.19 bits per heavy atom. The van der Waals surface area contributed by atoms with Gasteiger partial charge in [-0.25, -0.2) is 4.39 Å². The molecule has 3 heteroatoms. The SMILES string of the molecule is COc1ccc(C2CCC(=O)C2C)c(F)c1. The Kier molecular flexibility index (Phi) is 2.95. The van der Waals surface area contributed by atoms with Crippen LogP contribution in [0.15, 0.2) is 18.2 Å². The molecule has 1 aromatic carbocycles. The van der Waals surface area contributed by atoms with Crippen molar-refractivity contribution in [2.24, 2.45) is 5.92 Å². The number of carbonyl (C=O) groups is 1. The highest BCUT2D eigenvalue weighted by molar-refractivity contribution is 5.84. The summed E-state index contributed by atoms with van der Waals surface area (Å²) < 4.78 is 18.8. The average Bonchev–Trinajstić information content (AvgIpc) is 2.60. The molecule has 0 amide bonds. The molecular weight excluding hydrogens is 207 g/mol. The van der Waals surface area contributed by atoms with Crippen molar-refractivity contribution in [1.82, 2.24) is 0 Å². The largest absolute Gasteiger partial charge is 0.497 e. The standard InChI is InChI=1S/C13H15FO2/c1-8-10(5-6-13(8)15)11-4-3-9(16-2)7-12(11)14/h3-4,7-8,10H,5-6H2,1-2H3. The van der Waals surface area contributed by atoms with Crippen molar-refractivity contribution in [3.8, 4) is 5.75 Å². The predicted octanol–water partition coefficient (Wildman–Crippen LogP) is 2.92. The summed E-state index contributed by atoms with van der Waals surface area (Å²) in [4.78, 5) is 11.4. The van der Waals surface area contributed by atoms with Crippen LogP contribution in [0.1, 0.15) is 31.2 Å². The minimum atomic E-state index is -0.272. The fourth-order valence-electron chi connectivity index (χ4n) is 2.36. The normalized spacial score (nSPS) is 24.8. The summed E-state index contributed by atoms with van der Waals surface area (Å²) in [6.07, 6.45) is 1.32. The Morgan fingerprint density at radius 3 is 2.69 bits per heavy atom. The molecule has 1 saturated carbocycles. The molecule has 0 spiro atoms. The number of Topliss-reactive ketones (excluding diaryl/α,β-unsaturated/α-hetero) is 1. The molecule has 1 fully saturated rings. The lowest BCUT2D eigenvalue weighted by molar-refractivity contribution is -0.120. The number of hydrogen-bond donors (Lipinski definition) is 0. The predicted molar refractivity (Wildman–Crippen MR) is 59.1 cm³/mol. The average molecular weight is 222 g/mol. The van der Waals surface area contributed by atoms with Crippen LogP contribution in [0.25, 0.3) is 0 Å². The third-order valence-corrected chi connectivity index (χ3v) is 3.42. The molecule has 0 bridgehead atoms. The Bertz CT molecular complexity index is 414. The fourth-order valence-corrected chi connectivity index (χ4v) is 2.36. The molecule has 2 unspecified atom stereocenters. The third-order valence-electron chi connectivity index (χ3n) is 3.42. The van der Waals surface area contributed by atoms with E-state index in [0.717, 1.165) is 6.42 Å². The van der Waals surface area contributed by atoms with Gasteiger partial charge < -0.3 is 4.74 Å². The van der Waals surface area contributed by atoms with E-state index in [1.165, 1.54) is 13.2 Å². The minimum Gasteiger partial charge on any atom is -0.497 e. The highest BCUT2D eigenvalue weighted by atomic mass is 19.1. The van der Waals surface area contributed by atoms with Gasteiger partial charge in [-0.05, 0) is 24.0 Å². The monoisotopic (exact) mass is 222 g/mol. The van der Waals surface area contributed by atoms with Gasteiger partial charge in [-0.3, -0.25) is 4.79 Å². The molecule has 0 aliphatic heterocycles. The van der Waals surface area contributed by atoms with E-state index in [4.69, 9.17) is 4.74 Å². The van der Waals surface area contributed by atoms with Crippen molar-refractivity contribution < 1.29 is 13.9 Å². The quantitative estimate of drug-likeness (QED) is 0.769. The zero-order chi connectivity index (χ0) is 11.7. The van der Waals surface area contributed by atoms with Gasteiger partial charge in [0.1, 0.15) is 17.3 Å². The van der Waals surface area contributed by atoms with E-state index in [-0.39, 0.29) is 23.4 Å². The van der Waals surface area contributed by atoms with Crippen molar-refractivity contribution in [3.05, 3.63) is 29.6 Å². The Hall–Kier alpha value is -1.38. The van der Waals surface area contributed by atoms with Gasteiger partial charge in [0, 0.05) is 18.4 Å². The topological polar surface area (TPSA) is 26.3 Å². The number of halogens is 1. The molecule has 86 valence electrons. The van der Waals surface area contributed by atoms with Crippen LogP contribution in [0.2, 0.25) is 0 Å². The van der Waals surface area contributed by atoms with Gasteiger partial charge in [0.05, 0.1) is 7.11 Å². The number of carbonyl (C=O) groups excluding carboxylic acids is 1. The van der Waals surface area contributed by atoms with E-state index in [9.17, 15) is 9.18 Å². The summed E-state index contributed by atoms with van der Waals surface area (Å²) in [6.45, 7) is 1.88. The van der Waals surface area contributed by atoms with Crippen LogP contribution in [0.5, 0.6) is 5.75 Å². The first kappa shape index (κ1) is 11.1. The summed E-state index contributed by atoms with van der Waals surface area (Å²) >= 11 is 0. The molecule has 0 saturated heterocycles. The third kappa shape index (κ3) is 1.82. The van der Waals surface area contributed by atoms with Crippen molar-refractivity contribution in [3.63, 3.8) is 0 Å². The first-order chi connectivity index (χ1) is 7.63. The van der Waals surface area contributed by atoms with Gasteiger partial charge in [0.2, 0.25) is 0 Å². The molecule has 16 heavy (non-hydrogen) atoms. The first-order valence-electron chi connectivity index (χ1n) is 5.49. The van der Waals surface area contributed by atoms with Gasteiger partial charge in [0.15, 0.2) is 0 Å². The van der Waals surface area contributed by atoms with Crippen LogP contribution in [0, 0.1) is 11.7 Å². The summed E-state index contributed by atoms with van der Waals surface area (Å²) in [5.41, 5.74) is 0.638. The van der Waals surface area contributed by atoms with E-state index in [0.29, 0.717) is 17.7 Å². The molecule has 0 N–H and O–H groups in total. The van der Waals surface area contributed by atoms with Gasteiger partial charge in [-0.1, -0.05) is 13.0 Å². The van der Waals surface area contributed by atoms with Crippen LogP contribution in [-0.4, -0.2) is 12.9 Å². The molecule has 0 aromatic heterocycles. The summed E-state index contributed by atoms with van der Waals surface area (Å²) in [7, 11) is 1.51. The van der Waals surface area contributed by atoms with Crippen LogP contribution in [0.3, 0.4) is 0 Å². The number of methoxy groups -OCH3 is 1. The molecule has 2 atom stereocenters. The van der Waals surface area contributed by atoms with Crippen molar-refractivity contribution >= 4 is 5.78 Å². The maximum atomic E-state index is 13.8. The number of ether oxygens (including phenoxy) is 1. The maximum Gasteiger partial charge on any atom is 0.136 e. The Labute approximate surface area is 94.4 Å². The van der Waals surface area contributed by atoms with Gasteiger partial charge >= 0.3 is 0 Å². The van der Waals surface area contributed by atoms with E-state index in [2.05, 4.69) is 0 Å². The number of benzene rings is 1. The lowest BCUT2D eigenvalue weighted by atomic mass is 9.89. The Balaban J connectivity index is 2.31. The highest BCUT2D eigenvalue weighted by Crippen LogP contribution is 2.38. The summed E-state index contributed by atoms with van der Waals surface area (Å²) in [5.74, 6) is 0.436. The van der Waals surface area contributed by atoms with Crippen LogP contribution in [-0.2, 0) is 4.79 Å². The molecule has 1 aliphatic rings. The summed E-state index contributed by atoms with van der Waals surface area (Å²) in [6, 6.07) is 4.85. The zero-order valence-electron chi connectivity index (χ0n) is 9.50. The van der Waals surface area contributed by atoms with Crippen LogP contribution in [0.4, 0.5) is 4.39 Å². The van der Waals surface area contributed by atoms with E-state index < -0.39 is 0 Å². The second-order valence-electron chi connectivity index (χ2n) is 4.29. The number of hydrogen-bond acceptors (Lipinski definition) is 2. The second-order valence-corrected chi connectivity index (χ2v) is 4.29. The summed E-state index contributed by atoms with van der Waals surface area (Å²) in [5, 5.41) is 0. The number of ketones is 1. The molecule has 1 aromatic rings. The molecule has 2 nitrogen and oxygen atoms in total. The Morgan fingerprint density at radius 1 is 1.44 bits per heavy atom. The molecular formula is C13H15FO2. The number of rotatable bonds is 2. The fraction of sp³-hybridized carbons (Fsp3) is 0.462. The van der Waals surface area contributed by atoms with Gasteiger partial charge in [0.25, 0.3) is 0 Å². The van der Waals surface area contributed by atoms with E-state index in [1.54, 1.807) is 12.1 Å². The van der Waals surface area contributed by atoms with E-state index in [1.807, 2.05) is 6.92 Å². The second kappa shape index (κ2) is 4.24. The molecule has 2 rings (SSSR count). The molecule has 1 aliphatic carbocycles.